The minimum atomic E-state index is -0.0955. The molecule has 23 heavy (non-hydrogen) atoms. The largest absolute Gasteiger partial charge is 0.323 e. The van der Waals surface area contributed by atoms with Crippen LogP contribution in [-0.2, 0) is 0 Å². The maximum Gasteiger partial charge on any atom is 0.323 e. The zero-order chi connectivity index (χ0) is 15.6. The number of benzene rings is 1. The first-order valence-corrected chi connectivity index (χ1v) is 8.53. The number of anilines is 1. The third-order valence-corrected chi connectivity index (χ3v) is 4.73. The molecular weight excluding hydrogens is 310 g/mol. The highest BCUT2D eigenvalue weighted by Gasteiger charge is 2.18. The molecule has 0 spiro atoms. The zero-order valence-corrected chi connectivity index (χ0v) is 13.3. The van der Waals surface area contributed by atoms with Crippen LogP contribution in [0.25, 0.3) is 22.0 Å². The topological polar surface area (TPSA) is 73.0 Å². The number of aromatic nitrogens is 2. The van der Waals surface area contributed by atoms with Crippen LogP contribution in [0.5, 0.6) is 0 Å². The second-order valence-electron chi connectivity index (χ2n) is 5.51. The molecule has 118 valence electrons. The highest BCUT2D eigenvalue weighted by molar-refractivity contribution is 7.08. The summed E-state index contributed by atoms with van der Waals surface area (Å²) in [5.41, 5.74) is 3.25. The number of thiophene rings is 1. The molecule has 6 nitrogen and oxygen atoms in total. The maximum atomic E-state index is 12.3. The summed E-state index contributed by atoms with van der Waals surface area (Å²) in [5, 5.41) is 18.5. The molecule has 3 N–H and O–H groups in total. The third kappa shape index (κ3) is 2.80. The van der Waals surface area contributed by atoms with E-state index in [-0.39, 0.29) is 6.03 Å². The molecule has 0 radical (unpaired) electrons. The van der Waals surface area contributed by atoms with Crippen LogP contribution < -0.4 is 10.6 Å². The van der Waals surface area contributed by atoms with Crippen molar-refractivity contribution in [2.24, 2.45) is 0 Å². The van der Waals surface area contributed by atoms with E-state index >= 15 is 0 Å². The lowest BCUT2D eigenvalue weighted by atomic mass is 10.1. The van der Waals surface area contributed by atoms with Crippen molar-refractivity contribution < 1.29 is 4.79 Å². The van der Waals surface area contributed by atoms with Gasteiger partial charge in [0, 0.05) is 31.6 Å². The van der Waals surface area contributed by atoms with Crippen LogP contribution in [0.1, 0.15) is 0 Å². The third-order valence-electron chi connectivity index (χ3n) is 4.05. The molecule has 2 aromatic heterocycles. The van der Waals surface area contributed by atoms with Crippen LogP contribution in [0, 0.1) is 0 Å². The van der Waals surface area contributed by atoms with E-state index in [1.54, 1.807) is 16.2 Å². The molecule has 0 atom stereocenters. The molecule has 0 bridgehead atoms. The molecule has 0 aliphatic carbocycles. The molecule has 0 unspecified atom stereocenters. The van der Waals surface area contributed by atoms with Gasteiger partial charge in [-0.25, -0.2) is 4.79 Å². The SMILES string of the molecule is O=C(Nc1n[nH]c2cc(-c3ccsc3)ccc12)N1CCNCC1. The molecule has 3 aromatic rings. The van der Waals surface area contributed by atoms with Gasteiger partial charge in [-0.15, -0.1) is 0 Å². The monoisotopic (exact) mass is 327 g/mol. The smallest absolute Gasteiger partial charge is 0.322 e. The van der Waals surface area contributed by atoms with Crippen molar-refractivity contribution in [3.05, 3.63) is 35.0 Å². The Morgan fingerprint density at radius 2 is 2.09 bits per heavy atom. The average Bonchev–Trinajstić information content (AvgIpc) is 3.25. The van der Waals surface area contributed by atoms with Crippen molar-refractivity contribution in [3.63, 3.8) is 0 Å². The number of fused-ring (bicyclic) bond motifs is 1. The number of H-pyrrole nitrogens is 1. The van der Waals surface area contributed by atoms with Crippen molar-refractivity contribution in [3.8, 4) is 11.1 Å². The highest BCUT2D eigenvalue weighted by Crippen LogP contribution is 2.28. The average molecular weight is 327 g/mol. The van der Waals surface area contributed by atoms with Gasteiger partial charge < -0.3 is 10.2 Å². The fraction of sp³-hybridized carbons (Fsp3) is 0.250. The van der Waals surface area contributed by atoms with Crippen molar-refractivity contribution in [2.75, 3.05) is 31.5 Å². The number of hydrogen-bond donors (Lipinski definition) is 3. The summed E-state index contributed by atoms with van der Waals surface area (Å²) in [6.07, 6.45) is 0. The van der Waals surface area contributed by atoms with Gasteiger partial charge in [0.2, 0.25) is 0 Å². The van der Waals surface area contributed by atoms with Crippen LogP contribution in [0.2, 0.25) is 0 Å². The zero-order valence-electron chi connectivity index (χ0n) is 12.5. The lowest BCUT2D eigenvalue weighted by Gasteiger charge is -2.27. The fourth-order valence-electron chi connectivity index (χ4n) is 2.77. The maximum absolute atomic E-state index is 12.3. The normalized spacial score (nSPS) is 15.0. The molecule has 1 aromatic carbocycles. The van der Waals surface area contributed by atoms with Gasteiger partial charge in [-0.05, 0) is 40.1 Å². The number of rotatable bonds is 2. The Bertz CT molecular complexity index is 820. The van der Waals surface area contributed by atoms with E-state index in [1.165, 1.54) is 5.56 Å². The van der Waals surface area contributed by atoms with E-state index in [1.807, 2.05) is 6.07 Å². The quantitative estimate of drug-likeness (QED) is 0.677. The van der Waals surface area contributed by atoms with E-state index in [0.717, 1.165) is 42.6 Å². The van der Waals surface area contributed by atoms with E-state index in [0.29, 0.717) is 5.82 Å². The molecule has 1 saturated heterocycles. The Balaban J connectivity index is 1.57. The number of hydrogen-bond acceptors (Lipinski definition) is 4. The second-order valence-corrected chi connectivity index (χ2v) is 6.29. The minimum absolute atomic E-state index is 0.0955. The first-order valence-electron chi connectivity index (χ1n) is 7.58. The molecule has 2 amide bonds. The van der Waals surface area contributed by atoms with Gasteiger partial charge in [-0.1, -0.05) is 6.07 Å². The predicted octanol–water partition coefficient (Wildman–Crippen LogP) is 2.73. The molecule has 4 rings (SSSR count). The van der Waals surface area contributed by atoms with Crippen molar-refractivity contribution in [2.45, 2.75) is 0 Å². The molecule has 1 aliphatic heterocycles. The first-order chi connectivity index (χ1) is 11.3. The van der Waals surface area contributed by atoms with Gasteiger partial charge in [0.05, 0.1) is 5.52 Å². The number of amides is 2. The number of nitrogens with zero attached hydrogens (tertiary/aromatic N) is 2. The van der Waals surface area contributed by atoms with Crippen LogP contribution in [0.3, 0.4) is 0 Å². The van der Waals surface area contributed by atoms with E-state index in [4.69, 9.17) is 0 Å². The number of urea groups is 1. The van der Waals surface area contributed by atoms with Crippen LogP contribution in [0.4, 0.5) is 10.6 Å². The number of piperazine rings is 1. The number of carbonyl (C=O) groups is 1. The van der Waals surface area contributed by atoms with E-state index in [9.17, 15) is 4.79 Å². The number of carbonyl (C=O) groups excluding carboxylic acids is 1. The predicted molar refractivity (Wildman–Crippen MR) is 92.9 cm³/mol. The summed E-state index contributed by atoms with van der Waals surface area (Å²) in [6.45, 7) is 3.10. The van der Waals surface area contributed by atoms with Crippen LogP contribution in [-0.4, -0.2) is 47.3 Å². The Hall–Kier alpha value is -2.38. The van der Waals surface area contributed by atoms with Gasteiger partial charge in [-0.2, -0.15) is 16.4 Å². The lowest BCUT2D eigenvalue weighted by Crippen LogP contribution is -2.48. The lowest BCUT2D eigenvalue weighted by molar-refractivity contribution is 0.204. The van der Waals surface area contributed by atoms with Crippen molar-refractivity contribution in [1.29, 1.82) is 0 Å². The number of nitrogens with one attached hydrogen (secondary N) is 3. The molecule has 3 heterocycles. The van der Waals surface area contributed by atoms with E-state index < -0.39 is 0 Å². The molecule has 1 aliphatic rings. The summed E-state index contributed by atoms with van der Waals surface area (Å²) >= 11 is 1.68. The molecule has 0 saturated carbocycles. The molecule has 1 fully saturated rings. The Morgan fingerprint density at radius 1 is 1.22 bits per heavy atom. The summed E-state index contributed by atoms with van der Waals surface area (Å²) in [5.74, 6) is 0.584. The molecular formula is C16H17N5OS. The van der Waals surface area contributed by atoms with E-state index in [2.05, 4.69) is 49.8 Å². The summed E-state index contributed by atoms with van der Waals surface area (Å²) in [7, 11) is 0. The van der Waals surface area contributed by atoms with Gasteiger partial charge in [0.15, 0.2) is 5.82 Å². The summed E-state index contributed by atoms with van der Waals surface area (Å²) in [4.78, 5) is 14.1. The molecule has 7 heteroatoms. The Labute approximate surface area is 137 Å². The van der Waals surface area contributed by atoms with Gasteiger partial charge in [-0.3, -0.25) is 10.4 Å². The van der Waals surface area contributed by atoms with Crippen LogP contribution in [0.15, 0.2) is 35.0 Å². The standard InChI is InChI=1S/C16H17N5OS/c22-16(21-6-4-17-5-7-21)18-15-13-2-1-11(9-14(13)19-20-15)12-3-8-23-10-12/h1-3,8-10,17H,4-7H2,(H2,18,19,20,22). The van der Waals surface area contributed by atoms with Gasteiger partial charge in [0.1, 0.15) is 0 Å². The number of aromatic amines is 1. The second kappa shape index (κ2) is 6.02. The Morgan fingerprint density at radius 3 is 2.87 bits per heavy atom. The van der Waals surface area contributed by atoms with Crippen LogP contribution >= 0.6 is 11.3 Å². The van der Waals surface area contributed by atoms with Crippen molar-refractivity contribution in [1.82, 2.24) is 20.4 Å². The van der Waals surface area contributed by atoms with Gasteiger partial charge in [0.25, 0.3) is 0 Å². The fourth-order valence-corrected chi connectivity index (χ4v) is 3.44. The van der Waals surface area contributed by atoms with Gasteiger partial charge >= 0.3 is 6.03 Å². The summed E-state index contributed by atoms with van der Waals surface area (Å²) < 4.78 is 0. The Kier molecular flexibility index (Phi) is 3.72. The summed E-state index contributed by atoms with van der Waals surface area (Å²) in [6, 6.07) is 8.11. The van der Waals surface area contributed by atoms with Crippen molar-refractivity contribution >= 4 is 34.1 Å². The first kappa shape index (κ1) is 14.2. The minimum Gasteiger partial charge on any atom is -0.322 e. The highest BCUT2D eigenvalue weighted by atomic mass is 32.1.